The minimum Gasteiger partial charge on any atom is -0.377 e. The fourth-order valence-corrected chi connectivity index (χ4v) is 4.25. The van der Waals surface area contributed by atoms with E-state index in [0.717, 1.165) is 25.5 Å². The Morgan fingerprint density at radius 2 is 2.44 bits per heavy atom. The van der Waals surface area contributed by atoms with Gasteiger partial charge in [0, 0.05) is 42.3 Å². The normalized spacial score (nSPS) is 33.8. The summed E-state index contributed by atoms with van der Waals surface area (Å²) in [5.41, 5.74) is 3.40. The molecule has 1 aromatic rings. The SMILES string of the molecule is CC1(C)C(NCCc2cscn2)C2CCCOC21. The van der Waals surface area contributed by atoms with Crippen LogP contribution in [0, 0.1) is 11.3 Å². The molecule has 2 fully saturated rings. The number of rotatable bonds is 4. The lowest BCUT2D eigenvalue weighted by Crippen LogP contribution is -2.69. The average molecular weight is 266 g/mol. The quantitative estimate of drug-likeness (QED) is 0.909. The highest BCUT2D eigenvalue weighted by molar-refractivity contribution is 7.07. The first-order valence-electron chi connectivity index (χ1n) is 6.91. The van der Waals surface area contributed by atoms with E-state index in [9.17, 15) is 0 Å². The predicted molar refractivity (Wildman–Crippen MR) is 73.9 cm³/mol. The third-order valence-electron chi connectivity index (χ3n) is 4.56. The van der Waals surface area contributed by atoms with Gasteiger partial charge in [-0.2, -0.15) is 0 Å². The third kappa shape index (κ3) is 2.10. The van der Waals surface area contributed by atoms with Gasteiger partial charge in [0.15, 0.2) is 0 Å². The monoisotopic (exact) mass is 266 g/mol. The Morgan fingerprint density at radius 1 is 1.56 bits per heavy atom. The first-order chi connectivity index (χ1) is 8.69. The first kappa shape index (κ1) is 12.6. The number of aromatic nitrogens is 1. The van der Waals surface area contributed by atoms with Crippen LogP contribution in [0.25, 0.3) is 0 Å². The van der Waals surface area contributed by atoms with E-state index in [4.69, 9.17) is 4.74 Å². The average Bonchev–Trinajstić information content (AvgIpc) is 2.87. The number of fused-ring (bicyclic) bond motifs is 1. The molecule has 1 aliphatic carbocycles. The lowest BCUT2D eigenvalue weighted by Gasteiger charge is -2.60. The Bertz CT molecular complexity index is 391. The molecule has 0 amide bonds. The molecular formula is C14H22N2OS. The molecule has 3 unspecified atom stereocenters. The number of thiazole rings is 1. The van der Waals surface area contributed by atoms with Crippen molar-refractivity contribution in [2.75, 3.05) is 13.2 Å². The van der Waals surface area contributed by atoms with Crippen LogP contribution in [0.3, 0.4) is 0 Å². The second-order valence-electron chi connectivity index (χ2n) is 6.08. The van der Waals surface area contributed by atoms with Gasteiger partial charge in [-0.25, -0.2) is 4.98 Å². The standard InChI is InChI=1S/C14H22N2OS/c1-14(2)12(11-4-3-7-17-13(11)14)15-6-5-10-8-18-9-16-10/h8-9,11-13,15H,3-7H2,1-2H3. The second-order valence-corrected chi connectivity index (χ2v) is 6.80. The van der Waals surface area contributed by atoms with E-state index < -0.39 is 0 Å². The van der Waals surface area contributed by atoms with Gasteiger partial charge in [0.25, 0.3) is 0 Å². The molecule has 3 rings (SSSR count). The predicted octanol–water partition coefficient (Wildman–Crippen LogP) is 2.48. The number of hydrogen-bond donors (Lipinski definition) is 1. The van der Waals surface area contributed by atoms with Crippen molar-refractivity contribution in [2.45, 2.75) is 45.3 Å². The van der Waals surface area contributed by atoms with Gasteiger partial charge in [0.05, 0.1) is 17.3 Å². The summed E-state index contributed by atoms with van der Waals surface area (Å²) in [5, 5.41) is 5.87. The highest BCUT2D eigenvalue weighted by Crippen LogP contribution is 2.51. The summed E-state index contributed by atoms with van der Waals surface area (Å²) in [6.07, 6.45) is 4.06. The van der Waals surface area contributed by atoms with Crippen molar-refractivity contribution in [1.82, 2.24) is 10.3 Å². The molecule has 1 saturated heterocycles. The van der Waals surface area contributed by atoms with E-state index in [2.05, 4.69) is 29.5 Å². The van der Waals surface area contributed by atoms with Crippen molar-refractivity contribution in [3.63, 3.8) is 0 Å². The zero-order chi connectivity index (χ0) is 12.6. The van der Waals surface area contributed by atoms with Crippen LogP contribution in [-0.4, -0.2) is 30.3 Å². The molecule has 0 bridgehead atoms. The Labute approximate surface area is 113 Å². The van der Waals surface area contributed by atoms with Crippen LogP contribution >= 0.6 is 11.3 Å². The highest BCUT2D eigenvalue weighted by atomic mass is 32.1. The summed E-state index contributed by atoms with van der Waals surface area (Å²) in [5.74, 6) is 0.726. The summed E-state index contributed by atoms with van der Waals surface area (Å²) in [6.45, 7) is 6.65. The molecule has 4 heteroatoms. The minimum atomic E-state index is 0.285. The topological polar surface area (TPSA) is 34.2 Å². The van der Waals surface area contributed by atoms with Crippen LogP contribution in [0.1, 0.15) is 32.4 Å². The van der Waals surface area contributed by atoms with Crippen molar-refractivity contribution in [1.29, 1.82) is 0 Å². The van der Waals surface area contributed by atoms with E-state index in [-0.39, 0.29) is 5.41 Å². The maximum Gasteiger partial charge on any atom is 0.0794 e. The van der Waals surface area contributed by atoms with E-state index in [1.807, 2.05) is 5.51 Å². The number of nitrogens with one attached hydrogen (secondary N) is 1. The molecule has 1 aromatic heterocycles. The van der Waals surface area contributed by atoms with Gasteiger partial charge in [-0.1, -0.05) is 13.8 Å². The van der Waals surface area contributed by atoms with E-state index >= 15 is 0 Å². The summed E-state index contributed by atoms with van der Waals surface area (Å²) in [4.78, 5) is 4.33. The fraction of sp³-hybridized carbons (Fsp3) is 0.786. The Morgan fingerprint density at radius 3 is 3.22 bits per heavy atom. The first-order valence-corrected chi connectivity index (χ1v) is 7.86. The molecule has 1 aliphatic heterocycles. The molecule has 2 heterocycles. The minimum absolute atomic E-state index is 0.285. The van der Waals surface area contributed by atoms with Crippen molar-refractivity contribution in [2.24, 2.45) is 11.3 Å². The van der Waals surface area contributed by atoms with Crippen molar-refractivity contribution < 1.29 is 4.74 Å². The number of nitrogens with zero attached hydrogens (tertiary/aromatic N) is 1. The lowest BCUT2D eigenvalue weighted by molar-refractivity contribution is -0.192. The number of ether oxygens (including phenoxy) is 1. The van der Waals surface area contributed by atoms with Crippen LogP contribution in [-0.2, 0) is 11.2 Å². The van der Waals surface area contributed by atoms with Crippen LogP contribution in [0.4, 0.5) is 0 Å². The van der Waals surface area contributed by atoms with Gasteiger partial charge in [-0.15, -0.1) is 11.3 Å². The zero-order valence-electron chi connectivity index (χ0n) is 11.2. The van der Waals surface area contributed by atoms with Crippen molar-refractivity contribution >= 4 is 11.3 Å². The van der Waals surface area contributed by atoms with Crippen molar-refractivity contribution in [3.05, 3.63) is 16.6 Å². The second kappa shape index (κ2) is 4.91. The fourth-order valence-electron chi connectivity index (χ4n) is 3.65. The summed E-state index contributed by atoms with van der Waals surface area (Å²) >= 11 is 1.68. The lowest BCUT2D eigenvalue weighted by atomic mass is 9.55. The molecule has 0 spiro atoms. The van der Waals surface area contributed by atoms with Gasteiger partial charge < -0.3 is 10.1 Å². The van der Waals surface area contributed by atoms with Gasteiger partial charge >= 0.3 is 0 Å². The number of hydrogen-bond acceptors (Lipinski definition) is 4. The maximum atomic E-state index is 5.92. The largest absolute Gasteiger partial charge is 0.377 e. The van der Waals surface area contributed by atoms with Gasteiger partial charge in [0.2, 0.25) is 0 Å². The summed E-state index contributed by atoms with van der Waals surface area (Å²) < 4.78 is 5.92. The van der Waals surface area contributed by atoms with Crippen LogP contribution in [0.2, 0.25) is 0 Å². The van der Waals surface area contributed by atoms with E-state index in [1.54, 1.807) is 11.3 Å². The zero-order valence-corrected chi connectivity index (χ0v) is 12.0. The Balaban J connectivity index is 1.53. The van der Waals surface area contributed by atoms with Gasteiger partial charge in [-0.3, -0.25) is 0 Å². The molecular weight excluding hydrogens is 244 g/mol. The van der Waals surface area contributed by atoms with Crippen molar-refractivity contribution in [3.8, 4) is 0 Å². The summed E-state index contributed by atoms with van der Waals surface area (Å²) in [7, 11) is 0. The van der Waals surface area contributed by atoms with Gasteiger partial charge in [0.1, 0.15) is 0 Å². The van der Waals surface area contributed by atoms with E-state index in [1.165, 1.54) is 18.5 Å². The molecule has 0 radical (unpaired) electrons. The summed E-state index contributed by atoms with van der Waals surface area (Å²) in [6, 6.07) is 0.612. The highest BCUT2D eigenvalue weighted by Gasteiger charge is 2.57. The van der Waals surface area contributed by atoms with Crippen LogP contribution in [0.5, 0.6) is 0 Å². The molecule has 3 nitrogen and oxygen atoms in total. The molecule has 18 heavy (non-hydrogen) atoms. The van der Waals surface area contributed by atoms with Gasteiger partial charge in [-0.05, 0) is 12.8 Å². The molecule has 2 aliphatic rings. The maximum absolute atomic E-state index is 5.92. The molecule has 0 aromatic carbocycles. The molecule has 1 N–H and O–H groups in total. The molecule has 3 atom stereocenters. The third-order valence-corrected chi connectivity index (χ3v) is 5.20. The molecule has 1 saturated carbocycles. The van der Waals surface area contributed by atoms with Crippen LogP contribution < -0.4 is 5.32 Å². The Kier molecular flexibility index (Phi) is 3.43. The smallest absolute Gasteiger partial charge is 0.0794 e. The van der Waals surface area contributed by atoms with E-state index in [0.29, 0.717) is 12.1 Å². The Hall–Kier alpha value is -0.450. The van der Waals surface area contributed by atoms with Crippen LogP contribution in [0.15, 0.2) is 10.9 Å². The molecule has 100 valence electrons.